The van der Waals surface area contributed by atoms with Crippen LogP contribution in [0.2, 0.25) is 0 Å². The van der Waals surface area contributed by atoms with Crippen molar-refractivity contribution >= 4 is 0 Å². The summed E-state index contributed by atoms with van der Waals surface area (Å²) in [6.07, 6.45) is 3.63. The Balaban J connectivity index is 2.32. The molecule has 112 valence electrons. The summed E-state index contributed by atoms with van der Waals surface area (Å²) in [4.78, 5) is 15.6. The largest absolute Gasteiger partial charge is 0.308 e. The lowest BCUT2D eigenvalue weighted by Gasteiger charge is -2.20. The Bertz CT molecular complexity index is 657. The molecule has 0 spiro atoms. The molecule has 1 heterocycles. The van der Waals surface area contributed by atoms with Crippen molar-refractivity contribution in [2.75, 3.05) is 6.54 Å². The van der Waals surface area contributed by atoms with Gasteiger partial charge in [-0.05, 0) is 19.0 Å². The van der Waals surface area contributed by atoms with Crippen LogP contribution in [0.4, 0.5) is 8.78 Å². The van der Waals surface area contributed by atoms with Crippen LogP contribution >= 0.6 is 0 Å². The van der Waals surface area contributed by atoms with Gasteiger partial charge in [0.25, 0.3) is 5.56 Å². The smallest absolute Gasteiger partial charge is 0.253 e. The van der Waals surface area contributed by atoms with Gasteiger partial charge in [0, 0.05) is 24.4 Å². The molecule has 0 aliphatic carbocycles. The summed E-state index contributed by atoms with van der Waals surface area (Å²) >= 11 is 0. The highest BCUT2D eigenvalue weighted by molar-refractivity contribution is 5.22. The van der Waals surface area contributed by atoms with Gasteiger partial charge in [-0.3, -0.25) is 9.36 Å². The van der Waals surface area contributed by atoms with Crippen molar-refractivity contribution in [3.8, 4) is 0 Å². The number of hydrogen-bond donors (Lipinski definition) is 1. The van der Waals surface area contributed by atoms with E-state index in [1.807, 2.05) is 6.92 Å². The fraction of sp³-hybridized carbons (Fsp3) is 0.333. The fourth-order valence-corrected chi connectivity index (χ4v) is 2.09. The predicted octanol–water partition coefficient (Wildman–Crippen LogP) is 2.26. The Morgan fingerprint density at radius 1 is 1.33 bits per heavy atom. The molecule has 0 fully saturated rings. The van der Waals surface area contributed by atoms with E-state index in [9.17, 15) is 13.6 Å². The summed E-state index contributed by atoms with van der Waals surface area (Å²) in [7, 11) is 0. The molecule has 2 rings (SSSR count). The van der Waals surface area contributed by atoms with E-state index in [4.69, 9.17) is 0 Å². The molecule has 1 atom stereocenters. The van der Waals surface area contributed by atoms with Crippen LogP contribution in [0.25, 0.3) is 0 Å². The summed E-state index contributed by atoms with van der Waals surface area (Å²) in [5.74, 6) is -1.78. The van der Waals surface area contributed by atoms with E-state index in [0.717, 1.165) is 12.5 Å². The molecule has 0 amide bonds. The maximum Gasteiger partial charge on any atom is 0.253 e. The van der Waals surface area contributed by atoms with Crippen LogP contribution in [0, 0.1) is 11.6 Å². The molecule has 1 aromatic heterocycles. The second kappa shape index (κ2) is 7.08. The van der Waals surface area contributed by atoms with Gasteiger partial charge < -0.3 is 5.32 Å². The standard InChI is InChI=1S/C15H17F2N3O/c1-2-7-19-13(9-20-10-18-8-6-14(20)21)11-4-3-5-12(16)15(11)17/h3-6,8,10,13,19H,2,7,9H2,1H3. The van der Waals surface area contributed by atoms with Gasteiger partial charge in [-0.2, -0.15) is 0 Å². The average molecular weight is 293 g/mol. The summed E-state index contributed by atoms with van der Waals surface area (Å²) in [5.41, 5.74) is -0.0238. The van der Waals surface area contributed by atoms with E-state index >= 15 is 0 Å². The van der Waals surface area contributed by atoms with E-state index < -0.39 is 17.7 Å². The Kier molecular flexibility index (Phi) is 5.16. The normalized spacial score (nSPS) is 12.3. The molecule has 0 saturated heterocycles. The monoisotopic (exact) mass is 293 g/mol. The molecule has 1 unspecified atom stereocenters. The van der Waals surface area contributed by atoms with Gasteiger partial charge in [0.2, 0.25) is 0 Å². The minimum atomic E-state index is -0.894. The zero-order valence-corrected chi connectivity index (χ0v) is 11.7. The van der Waals surface area contributed by atoms with Gasteiger partial charge in [-0.25, -0.2) is 13.8 Å². The van der Waals surface area contributed by atoms with Crippen LogP contribution < -0.4 is 10.9 Å². The molecule has 0 saturated carbocycles. The number of nitrogens with zero attached hydrogens (tertiary/aromatic N) is 2. The zero-order chi connectivity index (χ0) is 15.2. The van der Waals surface area contributed by atoms with Crippen LogP contribution in [0.5, 0.6) is 0 Å². The SMILES string of the molecule is CCCNC(Cn1cnccc1=O)c1cccc(F)c1F. The number of aromatic nitrogens is 2. The van der Waals surface area contributed by atoms with Gasteiger partial charge in [-0.15, -0.1) is 0 Å². The predicted molar refractivity (Wildman–Crippen MR) is 75.9 cm³/mol. The van der Waals surface area contributed by atoms with E-state index in [-0.39, 0.29) is 17.7 Å². The fourth-order valence-electron chi connectivity index (χ4n) is 2.09. The molecule has 0 bridgehead atoms. The minimum absolute atomic E-state index is 0.188. The van der Waals surface area contributed by atoms with Crippen LogP contribution in [0.1, 0.15) is 24.9 Å². The molecule has 6 heteroatoms. The number of nitrogens with one attached hydrogen (secondary N) is 1. The number of benzene rings is 1. The van der Waals surface area contributed by atoms with Crippen molar-refractivity contribution in [2.45, 2.75) is 25.9 Å². The lowest BCUT2D eigenvalue weighted by Crippen LogP contribution is -2.31. The van der Waals surface area contributed by atoms with Gasteiger partial charge in [0.15, 0.2) is 11.6 Å². The zero-order valence-electron chi connectivity index (χ0n) is 11.7. The van der Waals surface area contributed by atoms with Crippen molar-refractivity contribution in [1.82, 2.24) is 14.9 Å². The van der Waals surface area contributed by atoms with E-state index in [1.165, 1.54) is 35.3 Å². The molecule has 1 aromatic carbocycles. The van der Waals surface area contributed by atoms with Gasteiger partial charge in [-0.1, -0.05) is 19.1 Å². The minimum Gasteiger partial charge on any atom is -0.308 e. The average Bonchev–Trinajstić information content (AvgIpc) is 2.48. The van der Waals surface area contributed by atoms with Crippen molar-refractivity contribution in [1.29, 1.82) is 0 Å². The number of rotatable bonds is 6. The van der Waals surface area contributed by atoms with Gasteiger partial charge in [0.1, 0.15) is 0 Å². The third kappa shape index (κ3) is 3.72. The number of hydrogen-bond acceptors (Lipinski definition) is 3. The van der Waals surface area contributed by atoms with Crippen LogP contribution in [-0.4, -0.2) is 16.1 Å². The quantitative estimate of drug-likeness (QED) is 0.888. The van der Waals surface area contributed by atoms with E-state index in [2.05, 4.69) is 10.3 Å². The van der Waals surface area contributed by atoms with Crippen molar-refractivity contribution < 1.29 is 8.78 Å². The third-order valence-corrected chi connectivity index (χ3v) is 3.17. The summed E-state index contributed by atoms with van der Waals surface area (Å²) in [6, 6.07) is 4.89. The van der Waals surface area contributed by atoms with E-state index in [1.54, 1.807) is 0 Å². The maximum absolute atomic E-state index is 14.0. The van der Waals surface area contributed by atoms with Crippen LogP contribution in [-0.2, 0) is 6.54 Å². The van der Waals surface area contributed by atoms with E-state index in [0.29, 0.717) is 6.54 Å². The Hall–Kier alpha value is -2.08. The van der Waals surface area contributed by atoms with Crippen molar-refractivity contribution in [2.24, 2.45) is 0 Å². The lowest BCUT2D eigenvalue weighted by molar-refractivity contribution is 0.420. The summed E-state index contributed by atoms with van der Waals surface area (Å²) in [5, 5.41) is 3.14. The Labute approximate surface area is 121 Å². The molecule has 21 heavy (non-hydrogen) atoms. The first-order valence-corrected chi connectivity index (χ1v) is 6.81. The topological polar surface area (TPSA) is 46.9 Å². The molecule has 2 aromatic rings. The first kappa shape index (κ1) is 15.3. The molecule has 0 radical (unpaired) electrons. The molecule has 0 aliphatic rings. The number of halogens is 2. The van der Waals surface area contributed by atoms with Gasteiger partial charge in [0.05, 0.1) is 12.4 Å². The van der Waals surface area contributed by atoms with Crippen molar-refractivity contribution in [3.05, 3.63) is 64.3 Å². The first-order valence-electron chi connectivity index (χ1n) is 6.81. The molecule has 0 aliphatic heterocycles. The second-order valence-electron chi connectivity index (χ2n) is 4.72. The Morgan fingerprint density at radius 3 is 2.86 bits per heavy atom. The highest BCUT2D eigenvalue weighted by Gasteiger charge is 2.18. The first-order chi connectivity index (χ1) is 10.1. The Morgan fingerprint density at radius 2 is 2.14 bits per heavy atom. The van der Waals surface area contributed by atoms with Gasteiger partial charge >= 0.3 is 0 Å². The molecule has 1 N–H and O–H groups in total. The lowest BCUT2D eigenvalue weighted by atomic mass is 10.1. The highest BCUT2D eigenvalue weighted by Crippen LogP contribution is 2.20. The maximum atomic E-state index is 14.0. The third-order valence-electron chi connectivity index (χ3n) is 3.17. The summed E-state index contributed by atoms with van der Waals surface area (Å²) < 4.78 is 28.7. The van der Waals surface area contributed by atoms with Crippen molar-refractivity contribution in [3.63, 3.8) is 0 Å². The second-order valence-corrected chi connectivity index (χ2v) is 4.72. The molecular formula is C15H17F2N3O. The molecular weight excluding hydrogens is 276 g/mol. The molecule has 4 nitrogen and oxygen atoms in total. The highest BCUT2D eigenvalue weighted by atomic mass is 19.2. The van der Waals surface area contributed by atoms with Crippen LogP contribution in [0.3, 0.4) is 0 Å². The van der Waals surface area contributed by atoms with Crippen LogP contribution in [0.15, 0.2) is 41.6 Å². The summed E-state index contributed by atoms with van der Waals surface area (Å²) in [6.45, 7) is 2.80.